The second kappa shape index (κ2) is 7.33. The van der Waals surface area contributed by atoms with E-state index in [1.54, 1.807) is 19.2 Å². The van der Waals surface area contributed by atoms with Crippen LogP contribution >= 0.6 is 11.8 Å². The van der Waals surface area contributed by atoms with Crippen molar-refractivity contribution in [2.45, 2.75) is 31.4 Å². The number of carbonyl (C=O) groups excluding carboxylic acids is 1. The normalized spacial score (nSPS) is 11.2. The number of thioether (sulfide) groups is 1. The summed E-state index contributed by atoms with van der Waals surface area (Å²) < 4.78 is 0.223. The van der Waals surface area contributed by atoms with Crippen molar-refractivity contribution in [2.24, 2.45) is 0 Å². The van der Waals surface area contributed by atoms with Gasteiger partial charge in [0.05, 0.1) is 0 Å². The van der Waals surface area contributed by atoms with Gasteiger partial charge in [0.1, 0.15) is 5.82 Å². The van der Waals surface area contributed by atoms with Crippen LogP contribution in [-0.4, -0.2) is 40.7 Å². The highest BCUT2D eigenvalue weighted by molar-refractivity contribution is 8.00. The van der Waals surface area contributed by atoms with Gasteiger partial charge in [-0.05, 0) is 31.2 Å². The fraction of sp³-hybridized carbons (Fsp3) is 0.615. The largest absolute Gasteiger partial charge is 0.367 e. The quantitative estimate of drug-likeness (QED) is 0.802. The van der Waals surface area contributed by atoms with E-state index in [1.807, 2.05) is 11.8 Å². The number of aromatic nitrogens is 2. The van der Waals surface area contributed by atoms with Crippen LogP contribution in [0.1, 0.15) is 37.2 Å². The molecule has 1 amide bonds. The van der Waals surface area contributed by atoms with E-state index >= 15 is 0 Å². The topological polar surface area (TPSA) is 66.9 Å². The fourth-order valence-corrected chi connectivity index (χ4v) is 2.58. The maximum Gasteiger partial charge on any atom is 0.271 e. The summed E-state index contributed by atoms with van der Waals surface area (Å²) in [5, 5.41) is 13.7. The van der Waals surface area contributed by atoms with Crippen molar-refractivity contribution < 1.29 is 4.79 Å². The van der Waals surface area contributed by atoms with Crippen molar-refractivity contribution in [3.63, 3.8) is 0 Å². The van der Waals surface area contributed by atoms with Crippen molar-refractivity contribution in [3.8, 4) is 0 Å². The molecular weight excluding hydrogens is 260 g/mol. The van der Waals surface area contributed by atoms with Crippen molar-refractivity contribution >= 4 is 23.5 Å². The zero-order valence-electron chi connectivity index (χ0n) is 12.0. The van der Waals surface area contributed by atoms with Crippen LogP contribution < -0.4 is 10.6 Å². The van der Waals surface area contributed by atoms with E-state index in [1.165, 1.54) is 0 Å². The van der Waals surface area contributed by atoms with Gasteiger partial charge in [-0.25, -0.2) is 0 Å². The Hall–Kier alpha value is -1.30. The van der Waals surface area contributed by atoms with Crippen molar-refractivity contribution in [1.29, 1.82) is 0 Å². The molecule has 0 atom stereocenters. The number of anilines is 1. The third-order valence-electron chi connectivity index (χ3n) is 3.44. The van der Waals surface area contributed by atoms with E-state index in [4.69, 9.17) is 0 Å². The minimum absolute atomic E-state index is 0.223. The van der Waals surface area contributed by atoms with Gasteiger partial charge >= 0.3 is 0 Å². The Morgan fingerprint density at radius 3 is 2.42 bits per heavy atom. The Morgan fingerprint density at radius 2 is 2.00 bits per heavy atom. The van der Waals surface area contributed by atoms with Gasteiger partial charge in [-0.3, -0.25) is 4.79 Å². The molecular formula is C13H22N4OS. The molecule has 1 aromatic heterocycles. The fourth-order valence-electron chi connectivity index (χ4n) is 1.79. The second-order valence-corrected chi connectivity index (χ2v) is 5.61. The van der Waals surface area contributed by atoms with Crippen LogP contribution in [-0.2, 0) is 0 Å². The van der Waals surface area contributed by atoms with E-state index in [0.717, 1.165) is 19.4 Å². The molecule has 2 N–H and O–H groups in total. The molecule has 0 saturated heterocycles. The summed E-state index contributed by atoms with van der Waals surface area (Å²) in [6.07, 6.45) is 4.33. The lowest BCUT2D eigenvalue weighted by molar-refractivity contribution is 0.0957. The molecule has 1 heterocycles. The third-order valence-corrected chi connectivity index (χ3v) is 5.03. The minimum atomic E-state index is -0.223. The molecule has 0 aromatic carbocycles. The number of amides is 1. The van der Waals surface area contributed by atoms with Crippen molar-refractivity contribution in [3.05, 3.63) is 17.8 Å². The molecule has 0 fully saturated rings. The molecule has 0 radical (unpaired) electrons. The predicted octanol–water partition coefficient (Wildman–Crippen LogP) is 2.17. The molecule has 19 heavy (non-hydrogen) atoms. The zero-order chi connectivity index (χ0) is 14.3. The molecule has 0 spiro atoms. The average Bonchev–Trinajstić information content (AvgIpc) is 2.49. The maximum absolute atomic E-state index is 11.3. The molecule has 0 aliphatic rings. The van der Waals surface area contributed by atoms with Crippen LogP contribution in [0.25, 0.3) is 0 Å². The Morgan fingerprint density at radius 1 is 1.32 bits per heavy atom. The molecule has 0 aliphatic heterocycles. The first-order valence-corrected chi connectivity index (χ1v) is 7.68. The summed E-state index contributed by atoms with van der Waals surface area (Å²) in [5.74, 6) is 0.479. The van der Waals surface area contributed by atoms with Crippen LogP contribution in [0.4, 0.5) is 5.82 Å². The third kappa shape index (κ3) is 4.09. The van der Waals surface area contributed by atoms with E-state index in [9.17, 15) is 4.79 Å². The summed E-state index contributed by atoms with van der Waals surface area (Å²) in [4.78, 5) is 11.3. The Kier molecular flexibility index (Phi) is 6.08. The van der Waals surface area contributed by atoms with Gasteiger partial charge in [0.2, 0.25) is 0 Å². The molecule has 0 aliphatic carbocycles. The molecule has 1 rings (SSSR count). The van der Waals surface area contributed by atoms with Crippen LogP contribution in [0.15, 0.2) is 12.1 Å². The molecule has 5 nitrogen and oxygen atoms in total. The number of hydrogen-bond acceptors (Lipinski definition) is 5. The van der Waals surface area contributed by atoms with Gasteiger partial charge in [0, 0.05) is 18.3 Å². The number of carbonyl (C=O) groups is 1. The monoisotopic (exact) mass is 282 g/mol. The van der Waals surface area contributed by atoms with Crippen LogP contribution in [0.3, 0.4) is 0 Å². The Labute approximate surface area is 119 Å². The lowest BCUT2D eigenvalue weighted by Gasteiger charge is -2.29. The summed E-state index contributed by atoms with van der Waals surface area (Å²) in [6.45, 7) is 5.24. The lowest BCUT2D eigenvalue weighted by Crippen LogP contribution is -2.32. The first kappa shape index (κ1) is 15.8. The van der Waals surface area contributed by atoms with Gasteiger partial charge in [-0.15, -0.1) is 10.2 Å². The SMILES string of the molecule is CCC(CC)(CNc1ccc(C(=O)NC)nn1)SC. The lowest BCUT2D eigenvalue weighted by atomic mass is 10.0. The highest BCUT2D eigenvalue weighted by Crippen LogP contribution is 2.30. The Balaban J connectivity index is 2.66. The van der Waals surface area contributed by atoms with E-state index < -0.39 is 0 Å². The zero-order valence-corrected chi connectivity index (χ0v) is 12.8. The van der Waals surface area contributed by atoms with Crippen LogP contribution in [0.2, 0.25) is 0 Å². The maximum atomic E-state index is 11.3. The smallest absolute Gasteiger partial charge is 0.271 e. The Bertz CT molecular complexity index is 395. The minimum Gasteiger partial charge on any atom is -0.367 e. The van der Waals surface area contributed by atoms with Crippen LogP contribution in [0, 0.1) is 0 Å². The number of nitrogens with one attached hydrogen (secondary N) is 2. The van der Waals surface area contributed by atoms with Gasteiger partial charge in [0.25, 0.3) is 5.91 Å². The second-order valence-electron chi connectivity index (χ2n) is 4.33. The van der Waals surface area contributed by atoms with E-state index in [-0.39, 0.29) is 10.7 Å². The number of hydrogen-bond donors (Lipinski definition) is 2. The summed E-state index contributed by atoms with van der Waals surface area (Å²) >= 11 is 1.87. The molecule has 0 bridgehead atoms. The summed E-state index contributed by atoms with van der Waals surface area (Å²) in [7, 11) is 1.57. The van der Waals surface area contributed by atoms with Gasteiger partial charge < -0.3 is 10.6 Å². The highest BCUT2D eigenvalue weighted by Gasteiger charge is 2.24. The predicted molar refractivity (Wildman–Crippen MR) is 80.7 cm³/mol. The van der Waals surface area contributed by atoms with Crippen LogP contribution in [0.5, 0.6) is 0 Å². The van der Waals surface area contributed by atoms with Crippen molar-refractivity contribution in [2.75, 3.05) is 25.2 Å². The van der Waals surface area contributed by atoms with E-state index in [0.29, 0.717) is 11.5 Å². The molecule has 1 aromatic rings. The molecule has 0 unspecified atom stereocenters. The number of rotatable bonds is 7. The van der Waals surface area contributed by atoms with Gasteiger partial charge in [0.15, 0.2) is 5.69 Å². The average molecular weight is 282 g/mol. The number of nitrogens with zero attached hydrogens (tertiary/aromatic N) is 2. The van der Waals surface area contributed by atoms with Gasteiger partial charge in [-0.1, -0.05) is 13.8 Å². The standard InChI is InChI=1S/C13H22N4OS/c1-5-13(6-2,19-4)9-15-11-8-7-10(16-17-11)12(18)14-3/h7-8H,5-6,9H2,1-4H3,(H,14,18)(H,15,17). The highest BCUT2D eigenvalue weighted by atomic mass is 32.2. The molecule has 6 heteroatoms. The summed E-state index contributed by atoms with van der Waals surface area (Å²) in [6, 6.07) is 3.46. The molecule has 106 valence electrons. The first-order valence-electron chi connectivity index (χ1n) is 6.45. The summed E-state index contributed by atoms with van der Waals surface area (Å²) in [5.41, 5.74) is 0.329. The molecule has 0 saturated carbocycles. The van der Waals surface area contributed by atoms with Crippen molar-refractivity contribution in [1.82, 2.24) is 15.5 Å². The first-order chi connectivity index (χ1) is 9.10. The van der Waals surface area contributed by atoms with Gasteiger partial charge in [-0.2, -0.15) is 11.8 Å². The van der Waals surface area contributed by atoms with E-state index in [2.05, 4.69) is 40.9 Å².